The van der Waals surface area contributed by atoms with E-state index in [1.807, 2.05) is 0 Å². The van der Waals surface area contributed by atoms with E-state index in [9.17, 15) is 9.59 Å². The van der Waals surface area contributed by atoms with Crippen molar-refractivity contribution in [3.8, 4) is 5.75 Å². The SMILES string of the molecule is COc1ccc(NC(=O)[C@@H](C)Sc2nnc(CNC(=O)c3ccco3)n2C)cc1. The maximum Gasteiger partial charge on any atom is 0.287 e. The molecule has 152 valence electrons. The minimum absolute atomic E-state index is 0.157. The number of nitrogens with one attached hydrogen (secondary N) is 2. The summed E-state index contributed by atoms with van der Waals surface area (Å²) >= 11 is 1.28. The molecule has 0 aliphatic rings. The van der Waals surface area contributed by atoms with E-state index in [-0.39, 0.29) is 24.1 Å². The maximum absolute atomic E-state index is 12.4. The number of hydrogen-bond acceptors (Lipinski definition) is 7. The molecule has 2 amide bonds. The molecule has 0 radical (unpaired) electrons. The van der Waals surface area contributed by atoms with Crippen LogP contribution < -0.4 is 15.4 Å². The van der Waals surface area contributed by atoms with Crippen molar-refractivity contribution in [2.75, 3.05) is 12.4 Å². The van der Waals surface area contributed by atoms with Crippen LogP contribution in [0.2, 0.25) is 0 Å². The summed E-state index contributed by atoms with van der Waals surface area (Å²) < 4.78 is 11.9. The summed E-state index contributed by atoms with van der Waals surface area (Å²) in [6.07, 6.45) is 1.43. The van der Waals surface area contributed by atoms with Gasteiger partial charge in [0.1, 0.15) is 5.75 Å². The number of rotatable bonds is 8. The molecule has 0 saturated heterocycles. The lowest BCUT2D eigenvalue weighted by Gasteiger charge is -2.12. The van der Waals surface area contributed by atoms with Crippen LogP contribution in [0, 0.1) is 0 Å². The van der Waals surface area contributed by atoms with E-state index in [2.05, 4.69) is 20.8 Å². The third kappa shape index (κ3) is 5.17. The van der Waals surface area contributed by atoms with Crippen molar-refractivity contribution in [3.63, 3.8) is 0 Å². The zero-order valence-electron chi connectivity index (χ0n) is 16.2. The molecule has 2 N–H and O–H groups in total. The largest absolute Gasteiger partial charge is 0.497 e. The van der Waals surface area contributed by atoms with Gasteiger partial charge >= 0.3 is 0 Å². The molecule has 9 nitrogen and oxygen atoms in total. The van der Waals surface area contributed by atoms with Crippen LogP contribution >= 0.6 is 11.8 Å². The predicted octanol–water partition coefficient (Wildman–Crippen LogP) is 2.47. The normalized spacial score (nSPS) is 11.7. The molecule has 0 fully saturated rings. The number of methoxy groups -OCH3 is 1. The molecule has 1 atom stereocenters. The maximum atomic E-state index is 12.4. The molecule has 1 aromatic carbocycles. The molecular formula is C19H21N5O4S. The second-order valence-corrected chi connectivity index (χ2v) is 7.40. The predicted molar refractivity (Wildman–Crippen MR) is 108 cm³/mol. The minimum atomic E-state index is -0.398. The van der Waals surface area contributed by atoms with Crippen LogP contribution in [0.1, 0.15) is 23.3 Å². The third-order valence-electron chi connectivity index (χ3n) is 4.09. The second-order valence-electron chi connectivity index (χ2n) is 6.10. The number of amides is 2. The van der Waals surface area contributed by atoms with E-state index in [4.69, 9.17) is 9.15 Å². The van der Waals surface area contributed by atoms with Crippen molar-refractivity contribution in [2.45, 2.75) is 23.9 Å². The van der Waals surface area contributed by atoms with Crippen molar-refractivity contribution in [1.82, 2.24) is 20.1 Å². The quantitative estimate of drug-likeness (QED) is 0.544. The average molecular weight is 415 g/mol. The van der Waals surface area contributed by atoms with Crippen LogP contribution in [0.5, 0.6) is 5.75 Å². The number of anilines is 1. The Bertz CT molecular complexity index is 969. The van der Waals surface area contributed by atoms with Crippen molar-refractivity contribution >= 4 is 29.3 Å². The van der Waals surface area contributed by atoms with Gasteiger partial charge in [-0.15, -0.1) is 10.2 Å². The molecule has 0 unspecified atom stereocenters. The minimum Gasteiger partial charge on any atom is -0.497 e. The zero-order valence-corrected chi connectivity index (χ0v) is 17.0. The number of carbonyl (C=O) groups is 2. The standard InChI is InChI=1S/C19H21N5O4S/c1-12(17(25)21-13-6-8-14(27-3)9-7-13)29-19-23-22-16(24(19)2)11-20-18(26)15-5-4-10-28-15/h4-10,12H,11H2,1-3H3,(H,20,26)(H,21,25)/t12-/m1/s1. The highest BCUT2D eigenvalue weighted by Gasteiger charge is 2.19. The Morgan fingerprint density at radius 2 is 2.00 bits per heavy atom. The lowest BCUT2D eigenvalue weighted by molar-refractivity contribution is -0.115. The van der Waals surface area contributed by atoms with Crippen LogP contribution in [-0.2, 0) is 18.4 Å². The Balaban J connectivity index is 1.55. The molecule has 0 spiro atoms. The number of ether oxygens (including phenoxy) is 1. The summed E-state index contributed by atoms with van der Waals surface area (Å²) in [7, 11) is 3.37. The molecule has 3 aromatic rings. The van der Waals surface area contributed by atoms with Gasteiger partial charge in [-0.1, -0.05) is 11.8 Å². The van der Waals surface area contributed by atoms with Gasteiger partial charge < -0.3 is 24.4 Å². The number of hydrogen-bond donors (Lipinski definition) is 2. The fourth-order valence-corrected chi connectivity index (χ4v) is 3.22. The summed E-state index contributed by atoms with van der Waals surface area (Å²) in [5.41, 5.74) is 0.683. The molecule has 0 saturated carbocycles. The van der Waals surface area contributed by atoms with Gasteiger partial charge in [-0.05, 0) is 43.3 Å². The lowest BCUT2D eigenvalue weighted by atomic mass is 10.3. The second kappa shape index (κ2) is 9.28. The summed E-state index contributed by atoms with van der Waals surface area (Å²) in [4.78, 5) is 24.4. The molecule has 0 aliphatic carbocycles. The number of thioether (sulfide) groups is 1. The van der Waals surface area contributed by atoms with Crippen molar-refractivity contribution in [2.24, 2.45) is 7.05 Å². The molecule has 10 heteroatoms. The highest BCUT2D eigenvalue weighted by molar-refractivity contribution is 8.00. The number of carbonyl (C=O) groups excluding carboxylic acids is 2. The fraction of sp³-hybridized carbons (Fsp3) is 0.263. The first-order valence-electron chi connectivity index (χ1n) is 8.79. The average Bonchev–Trinajstić information content (AvgIpc) is 3.38. The first-order chi connectivity index (χ1) is 14.0. The van der Waals surface area contributed by atoms with Crippen molar-refractivity contribution < 1.29 is 18.7 Å². The highest BCUT2D eigenvalue weighted by atomic mass is 32.2. The Hall–Kier alpha value is -3.27. The van der Waals surface area contributed by atoms with E-state index >= 15 is 0 Å². The lowest BCUT2D eigenvalue weighted by Crippen LogP contribution is -2.24. The Morgan fingerprint density at radius 3 is 2.66 bits per heavy atom. The van der Waals surface area contributed by atoms with Crippen LogP contribution in [-0.4, -0.2) is 38.9 Å². The molecule has 0 bridgehead atoms. The van der Waals surface area contributed by atoms with E-state index < -0.39 is 5.25 Å². The fourth-order valence-electron chi connectivity index (χ4n) is 2.39. The van der Waals surface area contributed by atoms with E-state index in [0.717, 1.165) is 5.75 Å². The van der Waals surface area contributed by atoms with Crippen LogP contribution in [0.4, 0.5) is 5.69 Å². The first-order valence-corrected chi connectivity index (χ1v) is 9.67. The highest BCUT2D eigenvalue weighted by Crippen LogP contribution is 2.23. The third-order valence-corrected chi connectivity index (χ3v) is 5.22. The van der Waals surface area contributed by atoms with Crippen LogP contribution in [0.3, 0.4) is 0 Å². The van der Waals surface area contributed by atoms with Gasteiger partial charge in [-0.25, -0.2) is 0 Å². The van der Waals surface area contributed by atoms with Gasteiger partial charge in [0.15, 0.2) is 16.7 Å². The molecular weight excluding hydrogens is 394 g/mol. The zero-order chi connectivity index (χ0) is 20.8. The Kier molecular flexibility index (Phi) is 6.55. The number of aromatic nitrogens is 3. The van der Waals surface area contributed by atoms with Gasteiger partial charge in [0, 0.05) is 12.7 Å². The number of nitrogens with zero attached hydrogens (tertiary/aromatic N) is 3. The van der Waals surface area contributed by atoms with Crippen molar-refractivity contribution in [1.29, 1.82) is 0 Å². The van der Waals surface area contributed by atoms with Gasteiger partial charge in [-0.2, -0.15) is 0 Å². The molecule has 0 aliphatic heterocycles. The summed E-state index contributed by atoms with van der Waals surface area (Å²) in [6, 6.07) is 10.3. The molecule has 2 aromatic heterocycles. The summed E-state index contributed by atoms with van der Waals surface area (Å²) in [5, 5.41) is 13.9. The smallest absolute Gasteiger partial charge is 0.287 e. The van der Waals surface area contributed by atoms with E-state index in [0.29, 0.717) is 16.7 Å². The van der Waals surface area contributed by atoms with Crippen LogP contribution in [0.15, 0.2) is 52.2 Å². The summed E-state index contributed by atoms with van der Waals surface area (Å²) in [5.74, 6) is 1.02. The molecule has 29 heavy (non-hydrogen) atoms. The molecule has 2 heterocycles. The van der Waals surface area contributed by atoms with Gasteiger partial charge in [0.05, 0.1) is 25.2 Å². The van der Waals surface area contributed by atoms with Gasteiger partial charge in [0.2, 0.25) is 5.91 Å². The Morgan fingerprint density at radius 1 is 1.24 bits per heavy atom. The Labute approximate surface area is 171 Å². The van der Waals surface area contributed by atoms with Crippen LogP contribution in [0.25, 0.3) is 0 Å². The van der Waals surface area contributed by atoms with Gasteiger partial charge in [-0.3, -0.25) is 9.59 Å². The first kappa shape index (κ1) is 20.5. The topological polar surface area (TPSA) is 111 Å². The molecule has 3 rings (SSSR count). The van der Waals surface area contributed by atoms with Crippen molar-refractivity contribution in [3.05, 3.63) is 54.2 Å². The number of furan rings is 1. The van der Waals surface area contributed by atoms with Gasteiger partial charge in [0.25, 0.3) is 5.91 Å². The number of benzene rings is 1. The monoisotopic (exact) mass is 415 g/mol. The summed E-state index contributed by atoms with van der Waals surface area (Å²) in [6.45, 7) is 1.98. The van der Waals surface area contributed by atoms with E-state index in [1.54, 1.807) is 62.0 Å². The van der Waals surface area contributed by atoms with E-state index in [1.165, 1.54) is 18.0 Å².